The van der Waals surface area contributed by atoms with E-state index in [1.165, 1.54) is 10.6 Å². The molecule has 0 saturated heterocycles. The zero-order chi connectivity index (χ0) is 23.0. The maximum Gasteiger partial charge on any atom is 0.419 e. The second-order valence-corrected chi connectivity index (χ2v) is 8.53. The van der Waals surface area contributed by atoms with Gasteiger partial charge in [0.1, 0.15) is 11.6 Å². The molecule has 3 aromatic rings. The van der Waals surface area contributed by atoms with Gasteiger partial charge >= 0.3 is 6.18 Å². The van der Waals surface area contributed by atoms with E-state index in [1.807, 2.05) is 20.8 Å². The molecule has 0 saturated carbocycles. The molecule has 0 aliphatic rings. The van der Waals surface area contributed by atoms with E-state index in [2.05, 4.69) is 20.4 Å². The van der Waals surface area contributed by atoms with Crippen LogP contribution in [-0.2, 0) is 12.6 Å². The predicted octanol–water partition coefficient (Wildman–Crippen LogP) is 4.71. The highest BCUT2D eigenvalue weighted by atomic mass is 19.4. The van der Waals surface area contributed by atoms with Crippen LogP contribution in [0.2, 0.25) is 0 Å². The fraction of sp³-hybridized carbons (Fsp3) is 0.476. The summed E-state index contributed by atoms with van der Waals surface area (Å²) in [5, 5.41) is 16.8. The molecule has 1 aromatic carbocycles. The van der Waals surface area contributed by atoms with E-state index in [-0.39, 0.29) is 6.61 Å². The first kappa shape index (κ1) is 22.9. The minimum atomic E-state index is -4.76. The number of aromatic nitrogens is 4. The molecular formula is C21H25F4N5O. The van der Waals surface area contributed by atoms with Gasteiger partial charge in [0, 0.05) is 24.8 Å². The summed E-state index contributed by atoms with van der Waals surface area (Å²) in [5.41, 5.74) is -0.727. The van der Waals surface area contributed by atoms with E-state index in [0.717, 1.165) is 12.1 Å². The van der Waals surface area contributed by atoms with Crippen molar-refractivity contribution in [2.75, 3.05) is 11.9 Å². The summed E-state index contributed by atoms with van der Waals surface area (Å²) >= 11 is 0. The topological polar surface area (TPSA) is 75.3 Å². The molecule has 0 amide bonds. The van der Waals surface area contributed by atoms with Crippen LogP contribution in [0.1, 0.15) is 55.9 Å². The Labute approximate surface area is 177 Å². The van der Waals surface area contributed by atoms with Crippen LogP contribution in [-0.4, -0.2) is 31.3 Å². The molecular weight excluding hydrogens is 414 g/mol. The normalized spacial score (nSPS) is 13.6. The van der Waals surface area contributed by atoms with Crippen LogP contribution >= 0.6 is 0 Å². The van der Waals surface area contributed by atoms with Crippen molar-refractivity contribution in [3.8, 4) is 0 Å². The van der Waals surface area contributed by atoms with Gasteiger partial charge in [0.25, 0.3) is 5.78 Å². The van der Waals surface area contributed by atoms with Gasteiger partial charge in [-0.25, -0.2) is 9.37 Å². The van der Waals surface area contributed by atoms with Gasteiger partial charge in [0.2, 0.25) is 0 Å². The molecule has 168 valence electrons. The molecule has 0 bridgehead atoms. The van der Waals surface area contributed by atoms with E-state index in [1.54, 1.807) is 13.0 Å². The zero-order valence-electron chi connectivity index (χ0n) is 17.8. The number of rotatable bonds is 6. The Kier molecular flexibility index (Phi) is 6.22. The number of fused-ring (bicyclic) bond motifs is 1. The molecule has 10 heteroatoms. The van der Waals surface area contributed by atoms with Gasteiger partial charge in [0.15, 0.2) is 5.82 Å². The number of aliphatic hydroxyl groups excluding tert-OH is 1. The molecule has 2 heterocycles. The number of hydrogen-bond acceptors (Lipinski definition) is 5. The molecule has 0 aliphatic carbocycles. The lowest BCUT2D eigenvalue weighted by molar-refractivity contribution is -0.140. The lowest BCUT2D eigenvalue weighted by atomic mass is 9.82. The number of aryl methyl sites for hydroxylation is 2. The summed E-state index contributed by atoms with van der Waals surface area (Å²) in [5.74, 6) is 0.0967. The van der Waals surface area contributed by atoms with Crippen molar-refractivity contribution in [1.29, 1.82) is 0 Å². The van der Waals surface area contributed by atoms with Crippen LogP contribution in [0.15, 0.2) is 24.3 Å². The Balaban J connectivity index is 2.03. The van der Waals surface area contributed by atoms with Crippen LogP contribution in [0.5, 0.6) is 0 Å². The minimum Gasteiger partial charge on any atom is -0.396 e. The first-order valence-electron chi connectivity index (χ1n) is 9.87. The van der Waals surface area contributed by atoms with E-state index in [0.29, 0.717) is 41.5 Å². The number of alkyl halides is 3. The third-order valence-corrected chi connectivity index (χ3v) is 4.83. The quantitative estimate of drug-likeness (QED) is 0.544. The Hall–Kier alpha value is -2.75. The van der Waals surface area contributed by atoms with Gasteiger partial charge in [-0.2, -0.15) is 22.7 Å². The molecule has 0 spiro atoms. The number of halogens is 4. The van der Waals surface area contributed by atoms with Gasteiger partial charge in [0.05, 0.1) is 11.6 Å². The number of nitrogens with one attached hydrogen (secondary N) is 1. The largest absolute Gasteiger partial charge is 0.419 e. The predicted molar refractivity (Wildman–Crippen MR) is 108 cm³/mol. The van der Waals surface area contributed by atoms with E-state index < -0.39 is 29.0 Å². The highest BCUT2D eigenvalue weighted by Gasteiger charge is 2.35. The number of nitrogens with zero attached hydrogens (tertiary/aromatic N) is 4. The summed E-state index contributed by atoms with van der Waals surface area (Å²) < 4.78 is 54.7. The molecule has 1 unspecified atom stereocenters. The summed E-state index contributed by atoms with van der Waals surface area (Å²) in [7, 11) is 0. The standard InChI is InChI=1S/C21H25F4N5O/c1-12-10-17(30-19(26-12)27-16(29-30)6-5-9-31)28-18(20(2,3)4)13-7-8-14(15(22)11-13)21(23,24)25/h7-8,10-11,18,28,31H,5-6,9H2,1-4H3. The third kappa shape index (κ3) is 5.12. The first-order valence-corrected chi connectivity index (χ1v) is 9.87. The van der Waals surface area contributed by atoms with Crippen molar-refractivity contribution >= 4 is 11.6 Å². The van der Waals surface area contributed by atoms with Crippen molar-refractivity contribution in [3.05, 3.63) is 52.7 Å². The van der Waals surface area contributed by atoms with Gasteiger partial charge in [-0.05, 0) is 36.5 Å². The third-order valence-electron chi connectivity index (χ3n) is 4.83. The highest BCUT2D eigenvalue weighted by molar-refractivity contribution is 5.48. The fourth-order valence-corrected chi connectivity index (χ4v) is 3.36. The Morgan fingerprint density at radius 2 is 1.84 bits per heavy atom. The highest BCUT2D eigenvalue weighted by Crippen LogP contribution is 2.38. The van der Waals surface area contributed by atoms with Crippen LogP contribution in [0.4, 0.5) is 23.4 Å². The van der Waals surface area contributed by atoms with Gasteiger partial charge in [-0.15, -0.1) is 5.10 Å². The van der Waals surface area contributed by atoms with Gasteiger partial charge < -0.3 is 10.4 Å². The molecule has 31 heavy (non-hydrogen) atoms. The van der Waals surface area contributed by atoms with E-state index in [4.69, 9.17) is 5.11 Å². The minimum absolute atomic E-state index is 0.0126. The van der Waals surface area contributed by atoms with Crippen LogP contribution in [0, 0.1) is 18.2 Å². The molecule has 6 nitrogen and oxygen atoms in total. The van der Waals surface area contributed by atoms with Crippen molar-refractivity contribution in [2.45, 2.75) is 52.8 Å². The van der Waals surface area contributed by atoms with Gasteiger partial charge in [-0.1, -0.05) is 26.8 Å². The van der Waals surface area contributed by atoms with Crippen LogP contribution < -0.4 is 5.32 Å². The fourth-order valence-electron chi connectivity index (χ4n) is 3.36. The molecule has 1 atom stereocenters. The number of hydrogen-bond donors (Lipinski definition) is 2. The molecule has 2 aromatic heterocycles. The van der Waals surface area contributed by atoms with Gasteiger partial charge in [-0.3, -0.25) is 0 Å². The SMILES string of the molecule is Cc1cc(NC(c2ccc(C(F)(F)F)c(F)c2)C(C)(C)C)n2nc(CCCO)nc2n1. The summed E-state index contributed by atoms with van der Waals surface area (Å²) in [6.45, 7) is 7.51. The molecule has 0 aliphatic heterocycles. The second kappa shape index (κ2) is 8.41. The molecule has 0 radical (unpaired) electrons. The lowest BCUT2D eigenvalue weighted by Gasteiger charge is -2.33. The summed E-state index contributed by atoms with van der Waals surface area (Å²) in [6, 6.07) is 4.19. The maximum absolute atomic E-state index is 14.3. The Morgan fingerprint density at radius 1 is 1.13 bits per heavy atom. The molecule has 2 N–H and O–H groups in total. The second-order valence-electron chi connectivity index (χ2n) is 8.53. The van der Waals surface area contributed by atoms with Crippen molar-refractivity contribution in [3.63, 3.8) is 0 Å². The van der Waals surface area contributed by atoms with Crippen LogP contribution in [0.3, 0.4) is 0 Å². The van der Waals surface area contributed by atoms with E-state index >= 15 is 0 Å². The monoisotopic (exact) mass is 439 g/mol. The maximum atomic E-state index is 14.3. The number of benzene rings is 1. The van der Waals surface area contributed by atoms with Crippen LogP contribution in [0.25, 0.3) is 5.78 Å². The lowest BCUT2D eigenvalue weighted by Crippen LogP contribution is -2.27. The van der Waals surface area contributed by atoms with E-state index in [9.17, 15) is 17.6 Å². The summed E-state index contributed by atoms with van der Waals surface area (Å²) in [6.07, 6.45) is -3.77. The molecule has 0 fully saturated rings. The smallest absolute Gasteiger partial charge is 0.396 e. The van der Waals surface area contributed by atoms with Crippen molar-refractivity contribution < 1.29 is 22.7 Å². The Bertz CT molecular complexity index is 1070. The van der Waals surface area contributed by atoms with Crippen molar-refractivity contribution in [2.24, 2.45) is 5.41 Å². The number of aliphatic hydroxyl groups is 1. The number of anilines is 1. The zero-order valence-corrected chi connectivity index (χ0v) is 17.8. The summed E-state index contributed by atoms with van der Waals surface area (Å²) in [4.78, 5) is 8.73. The Morgan fingerprint density at radius 3 is 2.42 bits per heavy atom. The van der Waals surface area contributed by atoms with Crippen molar-refractivity contribution in [1.82, 2.24) is 19.6 Å². The average Bonchev–Trinajstić information content (AvgIpc) is 3.04. The molecule has 3 rings (SSSR count). The first-order chi connectivity index (χ1) is 14.4. The average molecular weight is 439 g/mol.